The molecule has 1 saturated heterocycles. The number of carbonyl (C=O) groups is 2. The molecule has 9 heteroatoms. The highest BCUT2D eigenvalue weighted by molar-refractivity contribution is 14.1. The predicted molar refractivity (Wildman–Crippen MR) is 146 cm³/mol. The van der Waals surface area contributed by atoms with Gasteiger partial charge in [-0.05, 0) is 44.3 Å². The minimum Gasteiger partial charge on any atom is -0.458 e. The first-order chi connectivity index (χ1) is 16.2. The third-order valence-electron chi connectivity index (χ3n) is 7.15. The van der Waals surface area contributed by atoms with E-state index < -0.39 is 41.7 Å². The summed E-state index contributed by atoms with van der Waals surface area (Å²) in [5.41, 5.74) is 0.359. The SMILES string of the molecule is C/C(=C\c1csc(C)n1)[C@@H]1C[C@@H](I)[C@H](O)CCCC(C)[C@H](O)[C@@H](C)C(=O)C(C)(C)[C@@H](O)CC(=O)O1. The van der Waals surface area contributed by atoms with Crippen molar-refractivity contribution in [2.75, 3.05) is 0 Å². The van der Waals surface area contributed by atoms with E-state index in [2.05, 4.69) is 27.6 Å². The molecule has 198 valence electrons. The van der Waals surface area contributed by atoms with Crippen LogP contribution in [-0.4, -0.2) is 60.4 Å². The maximum Gasteiger partial charge on any atom is 0.309 e. The number of aryl methyl sites for hydroxylation is 1. The van der Waals surface area contributed by atoms with Gasteiger partial charge in [0.25, 0.3) is 0 Å². The van der Waals surface area contributed by atoms with E-state index in [-0.39, 0.29) is 22.0 Å². The Morgan fingerprint density at radius 2 is 1.89 bits per heavy atom. The maximum atomic E-state index is 13.2. The van der Waals surface area contributed by atoms with Crippen LogP contribution in [0.5, 0.6) is 0 Å². The van der Waals surface area contributed by atoms with Crippen molar-refractivity contribution in [1.82, 2.24) is 4.98 Å². The lowest BCUT2D eigenvalue weighted by atomic mass is 9.73. The van der Waals surface area contributed by atoms with Crippen LogP contribution in [0, 0.1) is 24.2 Å². The Hall–Kier alpha value is -0.880. The number of aromatic nitrogens is 1. The molecule has 0 aliphatic carbocycles. The molecule has 1 aliphatic heterocycles. The summed E-state index contributed by atoms with van der Waals surface area (Å²) in [6, 6.07) is 0. The molecule has 0 saturated carbocycles. The number of halogens is 1. The first-order valence-corrected chi connectivity index (χ1v) is 14.4. The number of alkyl halides is 1. The Morgan fingerprint density at radius 3 is 2.49 bits per heavy atom. The van der Waals surface area contributed by atoms with Crippen molar-refractivity contribution in [3.63, 3.8) is 0 Å². The van der Waals surface area contributed by atoms with E-state index in [1.165, 1.54) is 11.3 Å². The number of aliphatic hydroxyl groups excluding tert-OH is 3. The van der Waals surface area contributed by atoms with Gasteiger partial charge in [-0.15, -0.1) is 11.3 Å². The summed E-state index contributed by atoms with van der Waals surface area (Å²) >= 11 is 3.73. The van der Waals surface area contributed by atoms with Crippen molar-refractivity contribution < 1.29 is 29.6 Å². The largest absolute Gasteiger partial charge is 0.458 e. The van der Waals surface area contributed by atoms with Crippen molar-refractivity contribution in [2.24, 2.45) is 17.3 Å². The zero-order valence-corrected chi connectivity index (χ0v) is 24.5. The van der Waals surface area contributed by atoms with E-state index in [1.54, 1.807) is 20.8 Å². The fourth-order valence-corrected chi connectivity index (χ4v) is 5.87. The molecule has 0 spiro atoms. The molecule has 1 unspecified atom stereocenters. The van der Waals surface area contributed by atoms with Gasteiger partial charge < -0.3 is 20.1 Å². The number of cyclic esters (lactones) is 1. The molecule has 0 radical (unpaired) electrons. The molecule has 1 aliphatic rings. The maximum absolute atomic E-state index is 13.2. The van der Waals surface area contributed by atoms with Crippen molar-refractivity contribution in [3.05, 3.63) is 21.7 Å². The quantitative estimate of drug-likeness (QED) is 0.253. The molecule has 1 fully saturated rings. The molecule has 0 bridgehead atoms. The third-order valence-corrected chi connectivity index (χ3v) is 9.28. The zero-order valence-electron chi connectivity index (χ0n) is 21.5. The van der Waals surface area contributed by atoms with E-state index in [0.717, 1.165) is 16.3 Å². The van der Waals surface area contributed by atoms with Crippen LogP contribution in [-0.2, 0) is 14.3 Å². The van der Waals surface area contributed by atoms with Crippen molar-refractivity contribution in [1.29, 1.82) is 0 Å². The summed E-state index contributed by atoms with van der Waals surface area (Å²) in [6.45, 7) is 10.6. The van der Waals surface area contributed by atoms with Crippen LogP contribution < -0.4 is 0 Å². The lowest BCUT2D eigenvalue weighted by molar-refractivity contribution is -0.154. The summed E-state index contributed by atoms with van der Waals surface area (Å²) in [4.78, 5) is 30.5. The molecule has 2 rings (SSSR count). The van der Waals surface area contributed by atoms with Crippen LogP contribution in [0.3, 0.4) is 0 Å². The fraction of sp³-hybridized carbons (Fsp3) is 0.731. The number of thiazole rings is 1. The Morgan fingerprint density at radius 1 is 1.23 bits per heavy atom. The Bertz CT molecular complexity index is 900. The standard InChI is InChI=1S/C26H40INO6S/c1-14-8-7-9-20(29)19(27)11-21(15(2)10-18-13-35-17(4)28-18)34-23(31)12-22(30)26(5,6)25(33)16(3)24(14)32/h10,13-14,16,19-22,24,29-30,32H,7-9,11-12H2,1-6H3/b15-10+/t14?,16-,19-,20-,21+,22+,24+/m1/s1. The molecule has 35 heavy (non-hydrogen) atoms. The van der Waals surface area contributed by atoms with E-state index in [9.17, 15) is 24.9 Å². The summed E-state index contributed by atoms with van der Waals surface area (Å²) in [5.74, 6) is -1.74. The van der Waals surface area contributed by atoms with Crippen LogP contribution in [0.1, 0.15) is 77.4 Å². The summed E-state index contributed by atoms with van der Waals surface area (Å²) in [6.07, 6.45) is 0.534. The molecule has 0 aromatic carbocycles. The topological polar surface area (TPSA) is 117 Å². The number of carbonyl (C=O) groups excluding carboxylic acids is 2. The van der Waals surface area contributed by atoms with Gasteiger partial charge >= 0.3 is 5.97 Å². The van der Waals surface area contributed by atoms with Crippen LogP contribution >= 0.6 is 33.9 Å². The number of aliphatic hydroxyl groups is 3. The molecule has 7 nitrogen and oxygen atoms in total. The number of ketones is 1. The molecular formula is C26H40INO6S. The van der Waals surface area contributed by atoms with Gasteiger partial charge in [-0.1, -0.05) is 56.7 Å². The van der Waals surface area contributed by atoms with Gasteiger partial charge in [-0.25, -0.2) is 4.98 Å². The van der Waals surface area contributed by atoms with Crippen LogP contribution in [0.4, 0.5) is 0 Å². The Kier molecular flexibility index (Phi) is 11.3. The summed E-state index contributed by atoms with van der Waals surface area (Å²) in [7, 11) is 0. The van der Waals surface area contributed by atoms with Crippen LogP contribution in [0.15, 0.2) is 11.0 Å². The van der Waals surface area contributed by atoms with Crippen molar-refractivity contribution in [3.8, 4) is 0 Å². The van der Waals surface area contributed by atoms with Gasteiger partial charge in [0, 0.05) is 21.6 Å². The second-order valence-electron chi connectivity index (χ2n) is 10.5. The number of hydrogen-bond donors (Lipinski definition) is 3. The lowest BCUT2D eigenvalue weighted by Gasteiger charge is -2.35. The number of rotatable bonds is 2. The predicted octanol–water partition coefficient (Wildman–Crippen LogP) is 4.48. The van der Waals surface area contributed by atoms with Gasteiger partial charge in [-0.3, -0.25) is 9.59 Å². The molecule has 1 aromatic heterocycles. The van der Waals surface area contributed by atoms with Crippen molar-refractivity contribution >= 4 is 51.8 Å². The average Bonchev–Trinajstić information content (AvgIpc) is 3.20. The second-order valence-corrected chi connectivity index (χ2v) is 13.1. The average molecular weight is 622 g/mol. The van der Waals surface area contributed by atoms with E-state index in [0.29, 0.717) is 25.7 Å². The van der Waals surface area contributed by atoms with Crippen molar-refractivity contribution in [2.45, 2.75) is 102 Å². The first kappa shape index (κ1) is 30.3. The van der Waals surface area contributed by atoms with Gasteiger partial charge in [0.15, 0.2) is 0 Å². The monoisotopic (exact) mass is 621 g/mol. The molecule has 3 N–H and O–H groups in total. The van der Waals surface area contributed by atoms with E-state index in [4.69, 9.17) is 4.74 Å². The van der Waals surface area contributed by atoms with Gasteiger partial charge in [0.2, 0.25) is 0 Å². The lowest BCUT2D eigenvalue weighted by Crippen LogP contribution is -2.45. The van der Waals surface area contributed by atoms with Crippen LogP contribution in [0.2, 0.25) is 0 Å². The number of ether oxygens (including phenoxy) is 1. The molecular weight excluding hydrogens is 581 g/mol. The summed E-state index contributed by atoms with van der Waals surface area (Å²) < 4.78 is 5.64. The summed E-state index contributed by atoms with van der Waals surface area (Å²) in [5, 5.41) is 35.2. The van der Waals surface area contributed by atoms with Gasteiger partial charge in [0.1, 0.15) is 11.9 Å². The highest BCUT2D eigenvalue weighted by Gasteiger charge is 2.42. The van der Waals surface area contributed by atoms with Gasteiger partial charge in [-0.2, -0.15) is 0 Å². The number of nitrogens with zero attached hydrogens (tertiary/aromatic N) is 1. The molecule has 7 atom stereocenters. The molecule has 2 heterocycles. The minimum absolute atomic E-state index is 0.140. The number of esters is 1. The Balaban J connectivity index is 2.33. The molecule has 1 aromatic rings. The zero-order chi connectivity index (χ0) is 26.5. The normalized spacial score (nSPS) is 34.5. The fourth-order valence-electron chi connectivity index (χ4n) is 4.48. The Labute approximate surface area is 226 Å². The minimum atomic E-state index is -1.26. The first-order valence-electron chi connectivity index (χ1n) is 12.3. The third kappa shape index (κ3) is 8.31. The number of Topliss-reactive ketones (excluding diaryl/α,β-unsaturated/α-hetero) is 1. The van der Waals surface area contributed by atoms with E-state index in [1.807, 2.05) is 32.2 Å². The highest BCUT2D eigenvalue weighted by Crippen LogP contribution is 2.33. The number of hydrogen-bond acceptors (Lipinski definition) is 8. The smallest absolute Gasteiger partial charge is 0.309 e. The van der Waals surface area contributed by atoms with Crippen LogP contribution in [0.25, 0.3) is 6.08 Å². The second kappa shape index (κ2) is 13.1. The van der Waals surface area contributed by atoms with Gasteiger partial charge in [0.05, 0.1) is 40.8 Å². The highest BCUT2D eigenvalue weighted by atomic mass is 127. The van der Waals surface area contributed by atoms with E-state index >= 15 is 0 Å². The molecule has 0 amide bonds.